The highest BCUT2D eigenvalue weighted by atomic mass is 19.2. The Labute approximate surface area is 99.0 Å². The van der Waals surface area contributed by atoms with Crippen molar-refractivity contribution in [2.75, 3.05) is 13.7 Å². The van der Waals surface area contributed by atoms with Gasteiger partial charge in [0.05, 0.1) is 6.61 Å². The van der Waals surface area contributed by atoms with E-state index in [-0.39, 0.29) is 6.54 Å². The summed E-state index contributed by atoms with van der Waals surface area (Å²) in [5.74, 6) is -1.82. The van der Waals surface area contributed by atoms with Crippen LogP contribution in [-0.4, -0.2) is 24.6 Å². The number of hydrogen-bond donors (Lipinski definition) is 0. The first kappa shape index (κ1) is 13.4. The molecule has 1 aromatic carbocycles. The summed E-state index contributed by atoms with van der Waals surface area (Å²) in [5.41, 5.74) is 0.514. The smallest absolute Gasteiger partial charge is 0.409 e. The molecule has 0 bridgehead atoms. The van der Waals surface area contributed by atoms with Gasteiger partial charge in [-0.15, -0.1) is 0 Å². The maximum Gasteiger partial charge on any atom is 0.409 e. The molecule has 1 amide bonds. The van der Waals surface area contributed by atoms with Gasteiger partial charge in [-0.3, -0.25) is 0 Å². The standard InChI is InChI=1S/C12H15F2NO2/c1-3-6-17-12(16)15(2)8-9-4-5-10(13)11(14)7-9/h4-5,7H,3,6,8H2,1-2H3. The molecule has 0 spiro atoms. The second-order valence-corrected chi connectivity index (χ2v) is 3.72. The highest BCUT2D eigenvalue weighted by Gasteiger charge is 2.11. The minimum Gasteiger partial charge on any atom is -0.449 e. The van der Waals surface area contributed by atoms with Crippen molar-refractivity contribution in [1.29, 1.82) is 0 Å². The van der Waals surface area contributed by atoms with Gasteiger partial charge in [-0.2, -0.15) is 0 Å². The lowest BCUT2D eigenvalue weighted by Crippen LogP contribution is -2.27. The summed E-state index contributed by atoms with van der Waals surface area (Å²) in [6, 6.07) is 3.54. The van der Waals surface area contributed by atoms with Gasteiger partial charge in [-0.1, -0.05) is 13.0 Å². The van der Waals surface area contributed by atoms with E-state index in [2.05, 4.69) is 0 Å². The fourth-order valence-corrected chi connectivity index (χ4v) is 1.28. The van der Waals surface area contributed by atoms with E-state index in [1.807, 2.05) is 6.92 Å². The molecule has 0 heterocycles. The molecule has 1 rings (SSSR count). The van der Waals surface area contributed by atoms with E-state index in [0.717, 1.165) is 18.6 Å². The van der Waals surface area contributed by atoms with Crippen molar-refractivity contribution in [2.45, 2.75) is 19.9 Å². The number of rotatable bonds is 4. The van der Waals surface area contributed by atoms with Crippen LogP contribution >= 0.6 is 0 Å². The van der Waals surface area contributed by atoms with Crippen molar-refractivity contribution in [3.63, 3.8) is 0 Å². The molecule has 0 aromatic heterocycles. The molecule has 0 aliphatic rings. The molecule has 0 N–H and O–H groups in total. The number of carbonyl (C=O) groups is 1. The number of amides is 1. The fourth-order valence-electron chi connectivity index (χ4n) is 1.28. The SMILES string of the molecule is CCCOC(=O)N(C)Cc1ccc(F)c(F)c1. The molecule has 0 radical (unpaired) electrons. The van der Waals surface area contributed by atoms with Crippen LogP contribution < -0.4 is 0 Å². The van der Waals surface area contributed by atoms with Crippen LogP contribution in [0.4, 0.5) is 13.6 Å². The van der Waals surface area contributed by atoms with Crippen molar-refractivity contribution < 1.29 is 18.3 Å². The lowest BCUT2D eigenvalue weighted by Gasteiger charge is -2.16. The van der Waals surface area contributed by atoms with E-state index in [4.69, 9.17) is 4.74 Å². The molecule has 0 aliphatic carbocycles. The van der Waals surface area contributed by atoms with Gasteiger partial charge in [0.25, 0.3) is 0 Å². The molecule has 0 aliphatic heterocycles. The van der Waals surface area contributed by atoms with Gasteiger partial charge in [0.1, 0.15) is 0 Å². The Morgan fingerprint density at radius 3 is 2.65 bits per heavy atom. The quantitative estimate of drug-likeness (QED) is 0.813. The zero-order chi connectivity index (χ0) is 12.8. The first-order chi connectivity index (χ1) is 8.04. The summed E-state index contributed by atoms with van der Waals surface area (Å²) in [6.45, 7) is 2.42. The number of nitrogens with zero attached hydrogens (tertiary/aromatic N) is 1. The zero-order valence-electron chi connectivity index (χ0n) is 9.87. The van der Waals surface area contributed by atoms with Crippen molar-refractivity contribution in [2.24, 2.45) is 0 Å². The molecular weight excluding hydrogens is 228 g/mol. The summed E-state index contributed by atoms with van der Waals surface area (Å²) in [6.07, 6.45) is 0.265. The predicted octanol–water partition coefficient (Wildman–Crippen LogP) is 2.94. The average Bonchev–Trinajstić information content (AvgIpc) is 2.30. The topological polar surface area (TPSA) is 29.5 Å². The number of carbonyl (C=O) groups excluding carboxylic acids is 1. The van der Waals surface area contributed by atoms with Gasteiger partial charge < -0.3 is 9.64 Å². The fraction of sp³-hybridized carbons (Fsp3) is 0.417. The molecular formula is C12H15F2NO2. The Bertz CT molecular complexity index is 396. The number of hydrogen-bond acceptors (Lipinski definition) is 2. The summed E-state index contributed by atoms with van der Waals surface area (Å²) in [4.78, 5) is 12.7. The second kappa shape index (κ2) is 6.18. The van der Waals surface area contributed by atoms with E-state index < -0.39 is 17.7 Å². The molecule has 0 unspecified atom stereocenters. The maximum atomic E-state index is 12.9. The van der Waals surface area contributed by atoms with Crippen LogP contribution in [0.15, 0.2) is 18.2 Å². The summed E-state index contributed by atoms with van der Waals surface area (Å²) in [5, 5.41) is 0. The number of halogens is 2. The van der Waals surface area contributed by atoms with E-state index in [9.17, 15) is 13.6 Å². The van der Waals surface area contributed by atoms with Gasteiger partial charge in [0, 0.05) is 13.6 Å². The Kier molecular flexibility index (Phi) is 4.87. The third-order valence-corrected chi connectivity index (χ3v) is 2.15. The van der Waals surface area contributed by atoms with Gasteiger partial charge in [0.15, 0.2) is 11.6 Å². The molecule has 0 fully saturated rings. The van der Waals surface area contributed by atoms with E-state index in [0.29, 0.717) is 12.2 Å². The molecule has 17 heavy (non-hydrogen) atoms. The van der Waals surface area contributed by atoms with Crippen molar-refractivity contribution in [1.82, 2.24) is 4.90 Å². The van der Waals surface area contributed by atoms with Crippen molar-refractivity contribution >= 4 is 6.09 Å². The van der Waals surface area contributed by atoms with E-state index in [1.54, 1.807) is 7.05 Å². The highest BCUT2D eigenvalue weighted by Crippen LogP contribution is 2.10. The lowest BCUT2D eigenvalue weighted by atomic mass is 10.2. The first-order valence-corrected chi connectivity index (χ1v) is 5.36. The Morgan fingerprint density at radius 1 is 1.35 bits per heavy atom. The molecule has 0 atom stereocenters. The predicted molar refractivity (Wildman–Crippen MR) is 59.5 cm³/mol. The third kappa shape index (κ3) is 4.01. The molecule has 0 saturated heterocycles. The van der Waals surface area contributed by atoms with Crippen LogP contribution in [-0.2, 0) is 11.3 Å². The lowest BCUT2D eigenvalue weighted by molar-refractivity contribution is 0.109. The van der Waals surface area contributed by atoms with Crippen molar-refractivity contribution in [3.8, 4) is 0 Å². The monoisotopic (exact) mass is 243 g/mol. The second-order valence-electron chi connectivity index (χ2n) is 3.72. The largest absolute Gasteiger partial charge is 0.449 e. The normalized spacial score (nSPS) is 10.1. The number of benzene rings is 1. The van der Waals surface area contributed by atoms with Gasteiger partial charge >= 0.3 is 6.09 Å². The van der Waals surface area contributed by atoms with Crippen LogP contribution in [0.1, 0.15) is 18.9 Å². The summed E-state index contributed by atoms with van der Waals surface area (Å²) in [7, 11) is 1.54. The van der Waals surface area contributed by atoms with Crippen LogP contribution in [0.25, 0.3) is 0 Å². The van der Waals surface area contributed by atoms with Crippen LogP contribution in [0.5, 0.6) is 0 Å². The molecule has 94 valence electrons. The van der Waals surface area contributed by atoms with Crippen LogP contribution in [0.3, 0.4) is 0 Å². The molecule has 0 saturated carbocycles. The third-order valence-electron chi connectivity index (χ3n) is 2.15. The summed E-state index contributed by atoms with van der Waals surface area (Å²) < 4.78 is 30.5. The molecule has 3 nitrogen and oxygen atoms in total. The first-order valence-electron chi connectivity index (χ1n) is 5.36. The van der Waals surface area contributed by atoms with E-state index >= 15 is 0 Å². The highest BCUT2D eigenvalue weighted by molar-refractivity contribution is 5.67. The van der Waals surface area contributed by atoms with E-state index in [1.165, 1.54) is 11.0 Å². The van der Waals surface area contributed by atoms with Crippen LogP contribution in [0, 0.1) is 11.6 Å². The number of ether oxygens (including phenoxy) is 1. The van der Waals surface area contributed by atoms with Gasteiger partial charge in [-0.25, -0.2) is 13.6 Å². The zero-order valence-corrected chi connectivity index (χ0v) is 9.87. The Balaban J connectivity index is 2.58. The maximum absolute atomic E-state index is 12.9. The minimum atomic E-state index is -0.919. The molecule has 1 aromatic rings. The molecule has 5 heteroatoms. The average molecular weight is 243 g/mol. The van der Waals surface area contributed by atoms with Gasteiger partial charge in [-0.05, 0) is 24.1 Å². The minimum absolute atomic E-state index is 0.180. The Hall–Kier alpha value is -1.65. The summed E-state index contributed by atoms with van der Waals surface area (Å²) >= 11 is 0. The van der Waals surface area contributed by atoms with Crippen molar-refractivity contribution in [3.05, 3.63) is 35.4 Å². The van der Waals surface area contributed by atoms with Crippen LogP contribution in [0.2, 0.25) is 0 Å². The van der Waals surface area contributed by atoms with Gasteiger partial charge in [0.2, 0.25) is 0 Å². The Morgan fingerprint density at radius 2 is 2.06 bits per heavy atom.